The second-order valence-corrected chi connectivity index (χ2v) is 10.8. The van der Waals surface area contributed by atoms with Gasteiger partial charge in [-0.1, -0.05) is 42.5 Å². The molecule has 5 rings (SSSR count). The van der Waals surface area contributed by atoms with Gasteiger partial charge in [0.1, 0.15) is 11.5 Å². The fraction of sp³-hybridized carbons (Fsp3) is 0.214. The van der Waals surface area contributed by atoms with E-state index in [9.17, 15) is 13.2 Å². The lowest BCUT2D eigenvalue weighted by molar-refractivity contribution is 0.0932. The van der Waals surface area contributed by atoms with Gasteiger partial charge in [0, 0.05) is 11.1 Å². The molecule has 3 aromatic carbocycles. The second-order valence-electron chi connectivity index (χ2n) is 8.79. The lowest BCUT2D eigenvalue weighted by atomic mass is 9.87. The van der Waals surface area contributed by atoms with Crippen LogP contribution in [0.1, 0.15) is 51.8 Å². The van der Waals surface area contributed by atoms with Crippen molar-refractivity contribution < 1.29 is 17.6 Å². The fourth-order valence-corrected chi connectivity index (χ4v) is 5.85. The second kappa shape index (κ2) is 9.50. The number of benzene rings is 3. The van der Waals surface area contributed by atoms with Crippen molar-refractivity contribution in [2.24, 2.45) is 0 Å². The molecule has 1 atom stereocenters. The lowest BCUT2D eigenvalue weighted by Crippen LogP contribution is -2.30. The standard InChI is InChI=1S/C28H26N2O4S/c1-19-26(18-35(32,33)23-10-3-2-4-11-23)30-28(34-19)22-16-14-21(15-17-22)27(31)29-25-13-7-9-20-8-5-6-12-24(20)25/h2-6,8,10-12,14-17,25H,7,9,13,18H2,1H3,(H,29,31). The Morgan fingerprint density at radius 2 is 1.71 bits per heavy atom. The molecular formula is C28H26N2O4S. The summed E-state index contributed by atoms with van der Waals surface area (Å²) in [7, 11) is -3.53. The maximum absolute atomic E-state index is 12.9. The van der Waals surface area contributed by atoms with E-state index in [2.05, 4.69) is 22.4 Å². The fourth-order valence-electron chi connectivity index (χ4n) is 4.49. The van der Waals surface area contributed by atoms with Gasteiger partial charge in [-0.15, -0.1) is 0 Å². The molecule has 0 aliphatic heterocycles. The highest BCUT2D eigenvalue weighted by molar-refractivity contribution is 7.90. The summed E-state index contributed by atoms with van der Waals surface area (Å²) in [6, 6.07) is 23.6. The van der Waals surface area contributed by atoms with E-state index in [-0.39, 0.29) is 22.6 Å². The molecule has 1 N–H and O–H groups in total. The first-order chi connectivity index (χ1) is 16.9. The Balaban J connectivity index is 1.30. The first-order valence-corrected chi connectivity index (χ1v) is 13.3. The number of hydrogen-bond donors (Lipinski definition) is 1. The van der Waals surface area contributed by atoms with Crippen molar-refractivity contribution in [1.82, 2.24) is 10.3 Å². The van der Waals surface area contributed by atoms with Gasteiger partial charge < -0.3 is 9.73 Å². The molecule has 1 heterocycles. The Morgan fingerprint density at radius 3 is 2.49 bits per heavy atom. The SMILES string of the molecule is Cc1oc(-c2ccc(C(=O)NC3CCCc4ccccc43)cc2)nc1CS(=O)(=O)c1ccccc1. The lowest BCUT2D eigenvalue weighted by Gasteiger charge is -2.26. The van der Waals surface area contributed by atoms with Crippen molar-refractivity contribution in [1.29, 1.82) is 0 Å². The molecule has 1 amide bonds. The molecule has 7 heteroatoms. The molecule has 1 aromatic heterocycles. The Hall–Kier alpha value is -3.71. The van der Waals surface area contributed by atoms with Crippen molar-refractivity contribution in [3.05, 3.63) is 107 Å². The number of fused-ring (bicyclic) bond motifs is 1. The summed E-state index contributed by atoms with van der Waals surface area (Å²) in [4.78, 5) is 17.6. The van der Waals surface area contributed by atoms with Gasteiger partial charge >= 0.3 is 0 Å². The third-order valence-electron chi connectivity index (χ3n) is 6.39. The molecule has 178 valence electrons. The smallest absolute Gasteiger partial charge is 0.251 e. The van der Waals surface area contributed by atoms with Crippen LogP contribution >= 0.6 is 0 Å². The number of aromatic nitrogens is 1. The van der Waals surface area contributed by atoms with Crippen LogP contribution in [0.25, 0.3) is 11.5 Å². The average Bonchev–Trinajstić information content (AvgIpc) is 3.24. The summed E-state index contributed by atoms with van der Waals surface area (Å²) < 4.78 is 31.2. The van der Waals surface area contributed by atoms with Crippen molar-refractivity contribution >= 4 is 15.7 Å². The van der Waals surface area contributed by atoms with Crippen LogP contribution in [-0.4, -0.2) is 19.3 Å². The number of nitrogens with zero attached hydrogens (tertiary/aromatic N) is 1. The maximum Gasteiger partial charge on any atom is 0.251 e. The number of nitrogens with one attached hydrogen (secondary N) is 1. The van der Waals surface area contributed by atoms with Gasteiger partial charge in [0.2, 0.25) is 5.89 Å². The first kappa shape index (κ1) is 23.1. The van der Waals surface area contributed by atoms with E-state index in [1.54, 1.807) is 61.5 Å². The molecule has 0 saturated heterocycles. The predicted molar refractivity (Wildman–Crippen MR) is 134 cm³/mol. The largest absolute Gasteiger partial charge is 0.441 e. The number of amides is 1. The van der Waals surface area contributed by atoms with E-state index in [1.807, 2.05) is 12.1 Å². The van der Waals surface area contributed by atoms with Gasteiger partial charge in [0.05, 0.1) is 16.6 Å². The van der Waals surface area contributed by atoms with Crippen LogP contribution in [0.15, 0.2) is 88.2 Å². The highest BCUT2D eigenvalue weighted by Gasteiger charge is 2.23. The molecule has 4 aromatic rings. The van der Waals surface area contributed by atoms with Crippen LogP contribution in [0.3, 0.4) is 0 Å². The summed E-state index contributed by atoms with van der Waals surface area (Å²) >= 11 is 0. The van der Waals surface area contributed by atoms with Crippen molar-refractivity contribution in [2.75, 3.05) is 0 Å². The highest BCUT2D eigenvalue weighted by Crippen LogP contribution is 2.30. The van der Waals surface area contributed by atoms with E-state index in [1.165, 1.54) is 11.1 Å². The van der Waals surface area contributed by atoms with E-state index in [0.29, 0.717) is 28.5 Å². The number of rotatable bonds is 6. The minimum Gasteiger partial charge on any atom is -0.441 e. The molecule has 1 aliphatic carbocycles. The van der Waals surface area contributed by atoms with Gasteiger partial charge in [-0.3, -0.25) is 4.79 Å². The zero-order chi connectivity index (χ0) is 24.4. The van der Waals surface area contributed by atoms with Crippen LogP contribution in [0.2, 0.25) is 0 Å². The molecule has 0 fully saturated rings. The Bertz CT molecular complexity index is 1460. The number of sulfone groups is 1. The molecular weight excluding hydrogens is 460 g/mol. The summed E-state index contributed by atoms with van der Waals surface area (Å²) in [5.41, 5.74) is 4.09. The van der Waals surface area contributed by atoms with Gasteiger partial charge in [-0.05, 0) is 73.7 Å². The first-order valence-electron chi connectivity index (χ1n) is 11.6. The third-order valence-corrected chi connectivity index (χ3v) is 8.03. The third kappa shape index (κ3) is 4.91. The minimum absolute atomic E-state index is 0.00985. The van der Waals surface area contributed by atoms with Crippen LogP contribution < -0.4 is 5.32 Å². The number of oxazole rings is 1. The average molecular weight is 487 g/mol. The summed E-state index contributed by atoms with van der Waals surface area (Å²) in [5.74, 6) is 0.415. The summed E-state index contributed by atoms with van der Waals surface area (Å²) in [6.07, 6.45) is 3.01. The Kier molecular flexibility index (Phi) is 6.26. The molecule has 0 spiro atoms. The zero-order valence-corrected chi connectivity index (χ0v) is 20.2. The highest BCUT2D eigenvalue weighted by atomic mass is 32.2. The number of aryl methyl sites for hydroxylation is 2. The van der Waals surface area contributed by atoms with Gasteiger partial charge in [0.15, 0.2) is 9.84 Å². The van der Waals surface area contributed by atoms with Crippen molar-refractivity contribution in [3.8, 4) is 11.5 Å². The van der Waals surface area contributed by atoms with Crippen LogP contribution in [0.4, 0.5) is 0 Å². The Morgan fingerprint density at radius 1 is 1.00 bits per heavy atom. The van der Waals surface area contributed by atoms with Gasteiger partial charge in [-0.25, -0.2) is 13.4 Å². The topological polar surface area (TPSA) is 89.3 Å². The van der Waals surface area contributed by atoms with Gasteiger partial charge in [0.25, 0.3) is 5.91 Å². The van der Waals surface area contributed by atoms with E-state index < -0.39 is 9.84 Å². The summed E-state index contributed by atoms with van der Waals surface area (Å²) in [6.45, 7) is 1.70. The summed E-state index contributed by atoms with van der Waals surface area (Å²) in [5, 5.41) is 3.16. The number of carbonyl (C=O) groups is 1. The van der Waals surface area contributed by atoms with Crippen molar-refractivity contribution in [2.45, 2.75) is 42.9 Å². The normalized spacial score (nSPS) is 15.4. The van der Waals surface area contributed by atoms with E-state index in [4.69, 9.17) is 4.42 Å². The molecule has 0 radical (unpaired) electrons. The van der Waals surface area contributed by atoms with Crippen molar-refractivity contribution in [3.63, 3.8) is 0 Å². The maximum atomic E-state index is 12.9. The molecule has 1 unspecified atom stereocenters. The van der Waals surface area contributed by atoms with Crippen LogP contribution in [-0.2, 0) is 22.0 Å². The minimum atomic E-state index is -3.53. The number of hydrogen-bond acceptors (Lipinski definition) is 5. The molecule has 6 nitrogen and oxygen atoms in total. The van der Waals surface area contributed by atoms with E-state index in [0.717, 1.165) is 19.3 Å². The number of carbonyl (C=O) groups excluding carboxylic acids is 1. The molecule has 0 bridgehead atoms. The molecule has 1 aliphatic rings. The molecule has 35 heavy (non-hydrogen) atoms. The zero-order valence-electron chi connectivity index (χ0n) is 19.4. The van der Waals surface area contributed by atoms with Crippen LogP contribution in [0.5, 0.6) is 0 Å². The van der Waals surface area contributed by atoms with E-state index >= 15 is 0 Å². The molecule has 0 saturated carbocycles. The van der Waals surface area contributed by atoms with Crippen LogP contribution in [0, 0.1) is 6.92 Å². The monoisotopic (exact) mass is 486 g/mol. The predicted octanol–water partition coefficient (Wildman–Crippen LogP) is 5.43. The Labute approximate surface area is 205 Å². The van der Waals surface area contributed by atoms with Gasteiger partial charge in [-0.2, -0.15) is 0 Å². The quantitative estimate of drug-likeness (QED) is 0.392.